The highest BCUT2D eigenvalue weighted by Crippen LogP contribution is 2.37. The van der Waals surface area contributed by atoms with Crippen molar-refractivity contribution in [1.82, 2.24) is 4.90 Å². The molecule has 0 unspecified atom stereocenters. The Morgan fingerprint density at radius 3 is 2.52 bits per heavy atom. The molecule has 2 heterocycles. The number of benzene rings is 2. The molecule has 2 amide bonds. The van der Waals surface area contributed by atoms with Crippen LogP contribution in [0, 0.1) is 13.8 Å². The Bertz CT molecular complexity index is 1110. The van der Waals surface area contributed by atoms with Gasteiger partial charge in [0.25, 0.3) is 11.8 Å². The van der Waals surface area contributed by atoms with Gasteiger partial charge in [0.2, 0.25) is 0 Å². The van der Waals surface area contributed by atoms with Gasteiger partial charge in [-0.3, -0.25) is 14.5 Å². The number of carbonyl (C=O) groups is 2. The SMILES string of the molecule is Cc1ccc(C(=O)Nc2sc3c(c2C(N)=O)CCN(Cc2ccccc2)C3)cc1C.Cl. The smallest absolute Gasteiger partial charge is 0.256 e. The van der Waals surface area contributed by atoms with Crippen molar-refractivity contribution in [3.63, 3.8) is 0 Å². The molecule has 0 aliphatic carbocycles. The molecule has 0 bridgehead atoms. The van der Waals surface area contributed by atoms with Crippen LogP contribution in [0.25, 0.3) is 0 Å². The highest BCUT2D eigenvalue weighted by atomic mass is 35.5. The molecule has 2 aromatic carbocycles. The first-order valence-corrected chi connectivity index (χ1v) is 10.8. The normalized spacial score (nSPS) is 13.2. The molecule has 31 heavy (non-hydrogen) atoms. The van der Waals surface area contributed by atoms with Crippen LogP contribution in [-0.4, -0.2) is 23.3 Å². The van der Waals surface area contributed by atoms with Gasteiger partial charge in [0.05, 0.1) is 5.56 Å². The first-order chi connectivity index (χ1) is 14.4. The summed E-state index contributed by atoms with van der Waals surface area (Å²) < 4.78 is 0. The third kappa shape index (κ3) is 4.98. The summed E-state index contributed by atoms with van der Waals surface area (Å²) in [7, 11) is 0. The number of aryl methyl sites for hydroxylation is 2. The summed E-state index contributed by atoms with van der Waals surface area (Å²) in [6.07, 6.45) is 0.746. The van der Waals surface area contributed by atoms with Crippen LogP contribution < -0.4 is 11.1 Å². The van der Waals surface area contributed by atoms with E-state index in [4.69, 9.17) is 5.73 Å². The van der Waals surface area contributed by atoms with Crippen LogP contribution in [0.2, 0.25) is 0 Å². The molecule has 4 rings (SSSR count). The molecule has 162 valence electrons. The molecule has 7 heteroatoms. The number of rotatable bonds is 5. The second-order valence-electron chi connectivity index (χ2n) is 7.77. The van der Waals surface area contributed by atoms with Gasteiger partial charge in [0, 0.05) is 30.1 Å². The number of hydrogen-bond donors (Lipinski definition) is 2. The molecular weight excluding hydrogens is 430 g/mol. The molecular formula is C24H26ClN3O2S. The minimum atomic E-state index is -0.487. The molecule has 1 aliphatic heterocycles. The lowest BCUT2D eigenvalue weighted by atomic mass is 10.0. The molecule has 3 N–H and O–H groups in total. The van der Waals surface area contributed by atoms with Crippen LogP contribution in [0.1, 0.15) is 47.8 Å². The predicted molar refractivity (Wildman–Crippen MR) is 128 cm³/mol. The van der Waals surface area contributed by atoms with Crippen LogP contribution in [0.15, 0.2) is 48.5 Å². The molecule has 0 fully saturated rings. The van der Waals surface area contributed by atoms with E-state index in [0.29, 0.717) is 16.1 Å². The maximum Gasteiger partial charge on any atom is 0.256 e. The van der Waals surface area contributed by atoms with E-state index in [1.165, 1.54) is 16.9 Å². The second-order valence-corrected chi connectivity index (χ2v) is 8.88. The van der Waals surface area contributed by atoms with Crippen LogP contribution in [-0.2, 0) is 19.5 Å². The Hall–Kier alpha value is -2.67. The Morgan fingerprint density at radius 2 is 1.84 bits per heavy atom. The Kier molecular flexibility index (Phi) is 7.15. The fourth-order valence-electron chi connectivity index (χ4n) is 3.84. The first-order valence-electron chi connectivity index (χ1n) is 10.0. The molecule has 0 spiro atoms. The van der Waals surface area contributed by atoms with Crippen molar-refractivity contribution in [2.75, 3.05) is 11.9 Å². The Morgan fingerprint density at radius 1 is 1.10 bits per heavy atom. The van der Waals surface area contributed by atoms with Gasteiger partial charge >= 0.3 is 0 Å². The molecule has 0 saturated carbocycles. The zero-order chi connectivity index (χ0) is 21.3. The van der Waals surface area contributed by atoms with Crippen molar-refractivity contribution in [1.29, 1.82) is 0 Å². The maximum absolute atomic E-state index is 12.8. The van der Waals surface area contributed by atoms with Crippen molar-refractivity contribution >= 4 is 40.6 Å². The molecule has 5 nitrogen and oxygen atoms in total. The van der Waals surface area contributed by atoms with Crippen LogP contribution in [0.4, 0.5) is 5.00 Å². The van der Waals surface area contributed by atoms with Gasteiger partial charge in [-0.25, -0.2) is 0 Å². The summed E-state index contributed by atoms with van der Waals surface area (Å²) in [6.45, 7) is 6.44. The van der Waals surface area contributed by atoms with E-state index in [1.54, 1.807) is 6.07 Å². The van der Waals surface area contributed by atoms with Gasteiger partial charge in [-0.15, -0.1) is 23.7 Å². The van der Waals surface area contributed by atoms with Gasteiger partial charge in [0.1, 0.15) is 5.00 Å². The third-order valence-electron chi connectivity index (χ3n) is 5.63. The van der Waals surface area contributed by atoms with E-state index < -0.39 is 5.91 Å². The number of carbonyl (C=O) groups excluding carboxylic acids is 2. The number of thiophene rings is 1. The average Bonchev–Trinajstić information content (AvgIpc) is 3.08. The number of nitrogens with two attached hydrogens (primary N) is 1. The first kappa shape index (κ1) is 23.0. The van der Waals surface area contributed by atoms with Crippen molar-refractivity contribution in [2.45, 2.75) is 33.4 Å². The lowest BCUT2D eigenvalue weighted by Gasteiger charge is -2.27. The number of nitrogens with one attached hydrogen (secondary N) is 1. The number of amides is 2. The van der Waals surface area contributed by atoms with E-state index >= 15 is 0 Å². The lowest BCUT2D eigenvalue weighted by Crippen LogP contribution is -2.30. The topological polar surface area (TPSA) is 75.4 Å². The zero-order valence-corrected chi connectivity index (χ0v) is 19.2. The number of halogens is 1. The van der Waals surface area contributed by atoms with E-state index in [0.717, 1.165) is 47.6 Å². The van der Waals surface area contributed by atoms with E-state index in [-0.39, 0.29) is 18.3 Å². The molecule has 1 aliphatic rings. The van der Waals surface area contributed by atoms with Crippen molar-refractivity contribution < 1.29 is 9.59 Å². The monoisotopic (exact) mass is 455 g/mol. The Balaban J connectivity index is 0.00000272. The zero-order valence-electron chi connectivity index (χ0n) is 17.6. The molecule has 0 atom stereocenters. The van der Waals surface area contributed by atoms with E-state index in [1.807, 2.05) is 44.2 Å². The van der Waals surface area contributed by atoms with Gasteiger partial charge < -0.3 is 11.1 Å². The summed E-state index contributed by atoms with van der Waals surface area (Å²) in [5.41, 5.74) is 11.2. The van der Waals surface area contributed by atoms with Gasteiger partial charge in [-0.05, 0) is 54.7 Å². The summed E-state index contributed by atoms with van der Waals surface area (Å²) in [4.78, 5) is 28.5. The minimum Gasteiger partial charge on any atom is -0.365 e. The summed E-state index contributed by atoms with van der Waals surface area (Å²) in [5, 5.41) is 3.49. The highest BCUT2D eigenvalue weighted by molar-refractivity contribution is 7.17. The maximum atomic E-state index is 12.8. The summed E-state index contributed by atoms with van der Waals surface area (Å²) in [5.74, 6) is -0.709. The molecule has 3 aromatic rings. The number of fused-ring (bicyclic) bond motifs is 1. The largest absolute Gasteiger partial charge is 0.365 e. The lowest BCUT2D eigenvalue weighted by molar-refractivity contribution is 0.0999. The molecule has 0 saturated heterocycles. The predicted octanol–water partition coefficient (Wildman–Crippen LogP) is 4.70. The van der Waals surface area contributed by atoms with Gasteiger partial charge in [-0.1, -0.05) is 36.4 Å². The number of anilines is 1. The van der Waals surface area contributed by atoms with E-state index in [9.17, 15) is 9.59 Å². The quantitative estimate of drug-likeness (QED) is 0.585. The standard InChI is InChI=1S/C24H25N3O2S.ClH/c1-15-8-9-18(12-16(15)2)23(29)26-24-21(22(25)28)19-10-11-27(14-20(19)30-24)13-17-6-4-3-5-7-17;/h3-9,12H,10-11,13-14H2,1-2H3,(H2,25,28)(H,26,29);1H. The van der Waals surface area contributed by atoms with E-state index in [2.05, 4.69) is 22.3 Å². The Labute approximate surface area is 192 Å². The highest BCUT2D eigenvalue weighted by Gasteiger charge is 2.28. The minimum absolute atomic E-state index is 0. The van der Waals surface area contributed by atoms with Crippen molar-refractivity contribution in [3.05, 3.63) is 86.8 Å². The fraction of sp³-hybridized carbons (Fsp3) is 0.250. The van der Waals surface area contributed by atoms with Gasteiger partial charge in [-0.2, -0.15) is 0 Å². The number of nitrogens with zero attached hydrogens (tertiary/aromatic N) is 1. The number of primary amides is 1. The van der Waals surface area contributed by atoms with Crippen LogP contribution >= 0.6 is 23.7 Å². The molecule has 1 aromatic heterocycles. The molecule has 0 radical (unpaired) electrons. The third-order valence-corrected chi connectivity index (χ3v) is 6.76. The summed E-state index contributed by atoms with van der Waals surface area (Å²) in [6, 6.07) is 15.9. The van der Waals surface area contributed by atoms with Crippen molar-refractivity contribution in [3.8, 4) is 0 Å². The fourth-order valence-corrected chi connectivity index (χ4v) is 5.13. The van der Waals surface area contributed by atoms with Gasteiger partial charge in [0.15, 0.2) is 0 Å². The second kappa shape index (κ2) is 9.64. The van der Waals surface area contributed by atoms with Crippen molar-refractivity contribution in [2.24, 2.45) is 5.73 Å². The van der Waals surface area contributed by atoms with Crippen LogP contribution in [0.5, 0.6) is 0 Å². The average molecular weight is 456 g/mol. The summed E-state index contributed by atoms with van der Waals surface area (Å²) >= 11 is 1.46. The number of hydrogen-bond acceptors (Lipinski definition) is 4. The van der Waals surface area contributed by atoms with Crippen LogP contribution in [0.3, 0.4) is 0 Å².